The fourth-order valence-electron chi connectivity index (χ4n) is 2.35. The van der Waals surface area contributed by atoms with Gasteiger partial charge in [-0.3, -0.25) is 4.79 Å². The molecule has 0 aromatic heterocycles. The number of carbonyl (C=O) groups excluding carboxylic acids is 1. The van der Waals surface area contributed by atoms with Crippen LogP contribution in [-0.4, -0.2) is 18.2 Å². The third kappa shape index (κ3) is 5.35. The Morgan fingerprint density at radius 3 is 2.56 bits per heavy atom. The quantitative estimate of drug-likeness (QED) is 0.459. The van der Waals surface area contributed by atoms with Gasteiger partial charge in [-0.05, 0) is 48.6 Å². The lowest BCUT2D eigenvalue weighted by Crippen LogP contribution is -2.26. The zero-order valence-corrected chi connectivity index (χ0v) is 15.0. The largest absolute Gasteiger partial charge is 0.483 e. The first-order chi connectivity index (χ1) is 12.0. The fraction of sp³-hybridized carbons (Fsp3) is 0.300. The van der Waals surface area contributed by atoms with Crippen LogP contribution in [0.3, 0.4) is 0 Å². The molecular formula is C20H25N3O2. The molecule has 0 fully saturated rings. The predicted octanol–water partition coefficient (Wildman–Crippen LogP) is 3.70. The molecule has 2 aromatic carbocycles. The van der Waals surface area contributed by atoms with E-state index in [0.29, 0.717) is 17.3 Å². The lowest BCUT2D eigenvalue weighted by atomic mass is 9.98. The van der Waals surface area contributed by atoms with E-state index < -0.39 is 0 Å². The van der Waals surface area contributed by atoms with Crippen LogP contribution < -0.4 is 15.9 Å². The number of ether oxygens (including phenoxy) is 1. The van der Waals surface area contributed by atoms with Gasteiger partial charge in [-0.1, -0.05) is 44.2 Å². The van der Waals surface area contributed by atoms with Gasteiger partial charge < -0.3 is 10.5 Å². The Morgan fingerprint density at radius 2 is 1.88 bits per heavy atom. The molecule has 2 rings (SSSR count). The number of hydrazone groups is 1. The highest BCUT2D eigenvalue weighted by Crippen LogP contribution is 2.28. The molecule has 5 heteroatoms. The molecule has 0 spiro atoms. The Kier molecular flexibility index (Phi) is 6.57. The van der Waals surface area contributed by atoms with Crippen LogP contribution >= 0.6 is 0 Å². The monoisotopic (exact) mass is 339 g/mol. The van der Waals surface area contributed by atoms with Crippen molar-refractivity contribution in [2.24, 2.45) is 5.10 Å². The van der Waals surface area contributed by atoms with E-state index in [2.05, 4.69) is 24.4 Å². The number of amides is 1. The number of rotatable bonds is 7. The smallest absolute Gasteiger partial charge is 0.277 e. The molecule has 2 aromatic rings. The first kappa shape index (κ1) is 18.5. The molecule has 0 bridgehead atoms. The highest BCUT2D eigenvalue weighted by Gasteiger charge is 2.11. The molecule has 3 N–H and O–H groups in total. The number of hydrogen-bond acceptors (Lipinski definition) is 4. The zero-order valence-electron chi connectivity index (χ0n) is 15.0. The topological polar surface area (TPSA) is 76.7 Å². The van der Waals surface area contributed by atoms with Gasteiger partial charge in [0, 0.05) is 5.69 Å². The van der Waals surface area contributed by atoms with E-state index in [9.17, 15) is 4.79 Å². The van der Waals surface area contributed by atoms with Crippen LogP contribution in [0.4, 0.5) is 5.69 Å². The highest BCUT2D eigenvalue weighted by molar-refractivity contribution is 5.99. The third-order valence-corrected chi connectivity index (χ3v) is 4.10. The Balaban J connectivity index is 1.93. The molecule has 25 heavy (non-hydrogen) atoms. The number of anilines is 1. The van der Waals surface area contributed by atoms with Crippen molar-refractivity contribution in [2.45, 2.75) is 33.1 Å². The van der Waals surface area contributed by atoms with Crippen molar-refractivity contribution in [3.05, 3.63) is 59.7 Å². The van der Waals surface area contributed by atoms with Crippen LogP contribution in [0, 0.1) is 0 Å². The van der Waals surface area contributed by atoms with Gasteiger partial charge in [0.05, 0.1) is 5.71 Å². The van der Waals surface area contributed by atoms with Gasteiger partial charge in [0.25, 0.3) is 5.91 Å². The van der Waals surface area contributed by atoms with Crippen LogP contribution in [0.1, 0.15) is 44.2 Å². The minimum Gasteiger partial charge on any atom is -0.483 e. The Labute approximate surface area is 148 Å². The third-order valence-electron chi connectivity index (χ3n) is 4.10. The van der Waals surface area contributed by atoms with Crippen molar-refractivity contribution in [1.29, 1.82) is 0 Å². The second-order valence-corrected chi connectivity index (χ2v) is 5.99. The normalized spacial score (nSPS) is 12.5. The minimum absolute atomic E-state index is 0.0774. The number of hydrogen-bond donors (Lipinski definition) is 2. The van der Waals surface area contributed by atoms with E-state index in [0.717, 1.165) is 23.3 Å². The van der Waals surface area contributed by atoms with E-state index in [1.54, 1.807) is 12.1 Å². The first-order valence-corrected chi connectivity index (χ1v) is 8.42. The number of nitrogens with zero attached hydrogens (tertiary/aromatic N) is 1. The molecule has 1 amide bonds. The van der Waals surface area contributed by atoms with Gasteiger partial charge in [-0.2, -0.15) is 5.10 Å². The van der Waals surface area contributed by atoms with E-state index in [-0.39, 0.29) is 12.5 Å². The van der Waals surface area contributed by atoms with Crippen molar-refractivity contribution in [3.8, 4) is 5.75 Å². The van der Waals surface area contributed by atoms with Crippen molar-refractivity contribution >= 4 is 17.3 Å². The van der Waals surface area contributed by atoms with E-state index in [4.69, 9.17) is 10.5 Å². The van der Waals surface area contributed by atoms with Crippen molar-refractivity contribution in [2.75, 3.05) is 12.3 Å². The van der Waals surface area contributed by atoms with Gasteiger partial charge in [0.1, 0.15) is 5.75 Å². The van der Waals surface area contributed by atoms with Crippen LogP contribution in [-0.2, 0) is 4.79 Å². The summed E-state index contributed by atoms with van der Waals surface area (Å²) in [5.74, 6) is 0.824. The molecule has 0 heterocycles. The highest BCUT2D eigenvalue weighted by atomic mass is 16.5. The Bertz CT molecular complexity index is 739. The summed E-state index contributed by atoms with van der Waals surface area (Å²) >= 11 is 0. The molecule has 0 aliphatic carbocycles. The molecule has 0 aliphatic rings. The summed E-state index contributed by atoms with van der Waals surface area (Å²) in [4.78, 5) is 12.0. The summed E-state index contributed by atoms with van der Waals surface area (Å²) in [5, 5.41) is 4.11. The SMILES string of the molecule is CCC(C)c1ccccc1OCC(=O)NN=C(C)c1ccc(N)cc1. The van der Waals surface area contributed by atoms with Gasteiger partial charge in [0.15, 0.2) is 6.61 Å². The number of para-hydroxylation sites is 1. The first-order valence-electron chi connectivity index (χ1n) is 8.42. The van der Waals surface area contributed by atoms with Crippen molar-refractivity contribution in [1.82, 2.24) is 5.43 Å². The van der Waals surface area contributed by atoms with Gasteiger partial charge in [0.2, 0.25) is 0 Å². The second kappa shape index (κ2) is 8.87. The summed E-state index contributed by atoms with van der Waals surface area (Å²) in [5.41, 5.74) is 11.6. The van der Waals surface area contributed by atoms with Crippen LogP contribution in [0.25, 0.3) is 0 Å². The number of benzene rings is 2. The van der Waals surface area contributed by atoms with Crippen molar-refractivity contribution < 1.29 is 9.53 Å². The van der Waals surface area contributed by atoms with Crippen LogP contribution in [0.15, 0.2) is 53.6 Å². The summed E-state index contributed by atoms with van der Waals surface area (Å²) in [6.07, 6.45) is 1.01. The molecule has 5 nitrogen and oxygen atoms in total. The minimum atomic E-state index is -0.297. The number of nitrogen functional groups attached to an aromatic ring is 1. The molecule has 0 radical (unpaired) electrons. The average Bonchev–Trinajstić information content (AvgIpc) is 2.64. The van der Waals surface area contributed by atoms with E-state index in [1.165, 1.54) is 0 Å². The van der Waals surface area contributed by atoms with Crippen molar-refractivity contribution in [3.63, 3.8) is 0 Å². The zero-order chi connectivity index (χ0) is 18.2. The molecule has 1 atom stereocenters. The maximum absolute atomic E-state index is 12.0. The number of nitrogens with two attached hydrogens (primary N) is 1. The van der Waals surface area contributed by atoms with Crippen LogP contribution in [0.5, 0.6) is 5.75 Å². The number of carbonyl (C=O) groups is 1. The second-order valence-electron chi connectivity index (χ2n) is 5.99. The molecule has 0 saturated heterocycles. The Hall–Kier alpha value is -2.82. The summed E-state index contributed by atoms with van der Waals surface area (Å²) in [6.45, 7) is 6.02. The molecule has 0 saturated carbocycles. The van der Waals surface area contributed by atoms with Gasteiger partial charge >= 0.3 is 0 Å². The molecule has 0 aliphatic heterocycles. The fourth-order valence-corrected chi connectivity index (χ4v) is 2.35. The maximum atomic E-state index is 12.0. The molecular weight excluding hydrogens is 314 g/mol. The summed E-state index contributed by atoms with van der Waals surface area (Å²) < 4.78 is 5.68. The van der Waals surface area contributed by atoms with Crippen LogP contribution in [0.2, 0.25) is 0 Å². The maximum Gasteiger partial charge on any atom is 0.277 e. The van der Waals surface area contributed by atoms with Gasteiger partial charge in [-0.25, -0.2) is 5.43 Å². The molecule has 132 valence electrons. The van der Waals surface area contributed by atoms with Gasteiger partial charge in [-0.15, -0.1) is 0 Å². The summed E-state index contributed by atoms with van der Waals surface area (Å²) in [6, 6.07) is 15.1. The predicted molar refractivity (Wildman–Crippen MR) is 102 cm³/mol. The number of nitrogens with one attached hydrogen (secondary N) is 1. The van der Waals surface area contributed by atoms with E-state index >= 15 is 0 Å². The Morgan fingerprint density at radius 1 is 1.20 bits per heavy atom. The van der Waals surface area contributed by atoms with E-state index in [1.807, 2.05) is 43.3 Å². The average molecular weight is 339 g/mol. The lowest BCUT2D eigenvalue weighted by Gasteiger charge is -2.15. The lowest BCUT2D eigenvalue weighted by molar-refractivity contribution is -0.123. The standard InChI is InChI=1S/C20H25N3O2/c1-4-14(2)18-7-5-6-8-19(18)25-13-20(24)23-22-15(3)16-9-11-17(21)12-10-16/h5-12,14H,4,13,21H2,1-3H3,(H,23,24). The molecule has 1 unspecified atom stereocenters. The summed E-state index contributed by atoms with van der Waals surface area (Å²) in [7, 11) is 0.